The second kappa shape index (κ2) is 5.89. The molecule has 0 aliphatic rings. The molecular formula is C9H10F2N2O5S. The Bertz CT molecular complexity index is 576. The lowest BCUT2D eigenvalue weighted by atomic mass is 10.3. The van der Waals surface area contributed by atoms with Crippen LogP contribution in [0.4, 0.5) is 14.5 Å². The number of alkyl halides is 2. The van der Waals surface area contributed by atoms with E-state index in [0.29, 0.717) is 0 Å². The van der Waals surface area contributed by atoms with Crippen LogP contribution in [0.3, 0.4) is 0 Å². The number of ether oxygens (including phenoxy) is 1. The Morgan fingerprint density at radius 2 is 2.11 bits per heavy atom. The monoisotopic (exact) mass is 296 g/mol. The molecule has 1 rings (SSSR count). The van der Waals surface area contributed by atoms with Crippen LogP contribution in [0.5, 0.6) is 5.75 Å². The molecule has 1 aromatic carbocycles. The maximum atomic E-state index is 12.0. The summed E-state index contributed by atoms with van der Waals surface area (Å²) < 4.78 is 53.8. The van der Waals surface area contributed by atoms with Crippen LogP contribution in [0.15, 0.2) is 23.1 Å². The van der Waals surface area contributed by atoms with Gasteiger partial charge in [-0.15, -0.1) is 0 Å². The van der Waals surface area contributed by atoms with E-state index in [1.54, 1.807) is 4.72 Å². The lowest BCUT2D eigenvalue weighted by Gasteiger charge is -2.10. The van der Waals surface area contributed by atoms with Crippen molar-refractivity contribution in [3.63, 3.8) is 0 Å². The average molecular weight is 296 g/mol. The lowest BCUT2D eigenvalue weighted by molar-refractivity contribution is -0.385. The zero-order chi connectivity index (χ0) is 14.6. The first kappa shape index (κ1) is 15.2. The Morgan fingerprint density at radius 1 is 1.47 bits per heavy atom. The minimum Gasteiger partial charge on any atom is -0.495 e. The summed E-state index contributed by atoms with van der Waals surface area (Å²) in [6, 6.07) is 2.77. The van der Waals surface area contributed by atoms with E-state index in [-0.39, 0.29) is 11.4 Å². The van der Waals surface area contributed by atoms with Crippen LogP contribution in [-0.4, -0.2) is 33.4 Å². The number of halogens is 2. The molecule has 19 heavy (non-hydrogen) atoms. The molecule has 10 heteroatoms. The van der Waals surface area contributed by atoms with E-state index in [1.807, 2.05) is 0 Å². The maximum Gasteiger partial charge on any atom is 0.273 e. The van der Waals surface area contributed by atoms with E-state index in [9.17, 15) is 27.3 Å². The number of hydrogen-bond acceptors (Lipinski definition) is 5. The van der Waals surface area contributed by atoms with Crippen molar-refractivity contribution in [2.24, 2.45) is 0 Å². The van der Waals surface area contributed by atoms with Crippen LogP contribution in [0.2, 0.25) is 0 Å². The van der Waals surface area contributed by atoms with Gasteiger partial charge < -0.3 is 4.74 Å². The Morgan fingerprint density at radius 3 is 2.58 bits per heavy atom. The van der Waals surface area contributed by atoms with Gasteiger partial charge in [0.25, 0.3) is 12.1 Å². The standard InChI is InChI=1S/C9H10F2N2O5S/c1-18-7-4-6(13(14)15)2-3-8(7)19(16,17)12-5-9(10)11/h2-4,9,12H,5H2,1H3. The maximum absolute atomic E-state index is 12.0. The molecule has 0 amide bonds. The summed E-state index contributed by atoms with van der Waals surface area (Å²) in [7, 11) is -3.10. The van der Waals surface area contributed by atoms with Gasteiger partial charge in [0.1, 0.15) is 10.6 Å². The summed E-state index contributed by atoms with van der Waals surface area (Å²) in [6.07, 6.45) is -2.85. The molecule has 1 N–H and O–H groups in total. The fourth-order valence-corrected chi connectivity index (χ4v) is 2.40. The number of nitrogens with zero attached hydrogens (tertiary/aromatic N) is 1. The Labute approximate surface area is 107 Å². The summed E-state index contributed by atoms with van der Waals surface area (Å²) in [5.74, 6) is -0.295. The van der Waals surface area contributed by atoms with Crippen molar-refractivity contribution < 1.29 is 26.9 Å². The molecule has 0 fully saturated rings. The number of nitrogens with one attached hydrogen (secondary N) is 1. The molecule has 0 atom stereocenters. The van der Waals surface area contributed by atoms with Gasteiger partial charge >= 0.3 is 0 Å². The van der Waals surface area contributed by atoms with E-state index in [2.05, 4.69) is 0 Å². The largest absolute Gasteiger partial charge is 0.495 e. The van der Waals surface area contributed by atoms with Gasteiger partial charge in [0.15, 0.2) is 0 Å². The van der Waals surface area contributed by atoms with Gasteiger partial charge in [0, 0.05) is 6.07 Å². The van der Waals surface area contributed by atoms with Gasteiger partial charge in [-0.1, -0.05) is 0 Å². The molecule has 0 aromatic heterocycles. The number of non-ortho nitro benzene ring substituents is 1. The highest BCUT2D eigenvalue weighted by Gasteiger charge is 2.23. The summed E-state index contributed by atoms with van der Waals surface area (Å²) >= 11 is 0. The van der Waals surface area contributed by atoms with Gasteiger partial charge in [-0.25, -0.2) is 21.9 Å². The molecule has 0 radical (unpaired) electrons. The van der Waals surface area contributed by atoms with Crippen molar-refractivity contribution in [3.05, 3.63) is 28.3 Å². The van der Waals surface area contributed by atoms with Crippen molar-refractivity contribution in [2.45, 2.75) is 11.3 Å². The van der Waals surface area contributed by atoms with Crippen molar-refractivity contribution in [1.29, 1.82) is 0 Å². The molecule has 1 aromatic rings. The molecule has 0 saturated carbocycles. The molecule has 106 valence electrons. The SMILES string of the molecule is COc1cc([N+](=O)[O-])ccc1S(=O)(=O)NCC(F)F. The molecule has 0 heterocycles. The van der Waals surface area contributed by atoms with Crippen molar-refractivity contribution >= 4 is 15.7 Å². The topological polar surface area (TPSA) is 98.5 Å². The molecule has 0 spiro atoms. The third kappa shape index (κ3) is 3.83. The van der Waals surface area contributed by atoms with Crippen molar-refractivity contribution in [2.75, 3.05) is 13.7 Å². The third-order valence-corrected chi connectivity index (χ3v) is 3.54. The molecule has 0 unspecified atom stereocenters. The van der Waals surface area contributed by atoms with Gasteiger partial charge in [-0.05, 0) is 6.07 Å². The average Bonchev–Trinajstić information content (AvgIpc) is 2.35. The van der Waals surface area contributed by atoms with Crippen molar-refractivity contribution in [1.82, 2.24) is 4.72 Å². The van der Waals surface area contributed by atoms with Crippen LogP contribution in [0.1, 0.15) is 0 Å². The summed E-state index contributed by atoms with van der Waals surface area (Å²) in [5.41, 5.74) is -0.371. The van der Waals surface area contributed by atoms with Crippen molar-refractivity contribution in [3.8, 4) is 5.75 Å². The fraction of sp³-hybridized carbons (Fsp3) is 0.333. The number of methoxy groups -OCH3 is 1. The first-order chi connectivity index (χ1) is 8.77. The highest BCUT2D eigenvalue weighted by Crippen LogP contribution is 2.28. The van der Waals surface area contributed by atoms with Gasteiger partial charge in [0.2, 0.25) is 10.0 Å². The van der Waals surface area contributed by atoms with Crippen LogP contribution in [-0.2, 0) is 10.0 Å². The number of nitro groups is 1. The van der Waals surface area contributed by atoms with Crippen LogP contribution < -0.4 is 9.46 Å². The fourth-order valence-electron chi connectivity index (χ4n) is 1.24. The summed E-state index contributed by atoms with van der Waals surface area (Å²) in [5, 5.41) is 10.5. The van der Waals surface area contributed by atoms with E-state index >= 15 is 0 Å². The third-order valence-electron chi connectivity index (χ3n) is 2.08. The Balaban J connectivity index is 3.16. The number of rotatable bonds is 6. The quantitative estimate of drug-likeness (QED) is 0.627. The minimum atomic E-state index is -4.22. The van der Waals surface area contributed by atoms with E-state index in [1.165, 1.54) is 0 Å². The summed E-state index contributed by atoms with van der Waals surface area (Å²) in [4.78, 5) is 9.36. The first-order valence-corrected chi connectivity index (χ1v) is 6.36. The number of benzene rings is 1. The lowest BCUT2D eigenvalue weighted by Crippen LogP contribution is -2.29. The Hall–Kier alpha value is -1.81. The van der Waals surface area contributed by atoms with Crippen LogP contribution in [0, 0.1) is 10.1 Å². The van der Waals surface area contributed by atoms with E-state index in [4.69, 9.17) is 4.74 Å². The minimum absolute atomic E-state index is 0.295. The molecule has 0 aliphatic heterocycles. The predicted molar refractivity (Wildman–Crippen MR) is 60.8 cm³/mol. The van der Waals surface area contributed by atoms with E-state index < -0.39 is 32.8 Å². The molecule has 0 bridgehead atoms. The Kier molecular flexibility index (Phi) is 4.72. The smallest absolute Gasteiger partial charge is 0.273 e. The van der Waals surface area contributed by atoms with E-state index in [0.717, 1.165) is 25.3 Å². The van der Waals surface area contributed by atoms with Crippen LogP contribution >= 0.6 is 0 Å². The van der Waals surface area contributed by atoms with Crippen LogP contribution in [0.25, 0.3) is 0 Å². The summed E-state index contributed by atoms with van der Waals surface area (Å²) in [6.45, 7) is -1.05. The number of nitro benzene ring substituents is 1. The zero-order valence-corrected chi connectivity index (χ0v) is 10.5. The van der Waals surface area contributed by atoms with Gasteiger partial charge in [0.05, 0.1) is 24.6 Å². The molecule has 0 saturated heterocycles. The normalized spacial score (nSPS) is 11.6. The molecule has 0 aliphatic carbocycles. The second-order valence-electron chi connectivity index (χ2n) is 3.34. The molecular weight excluding hydrogens is 286 g/mol. The second-order valence-corrected chi connectivity index (χ2v) is 5.07. The van der Waals surface area contributed by atoms with Gasteiger partial charge in [-0.2, -0.15) is 0 Å². The highest BCUT2D eigenvalue weighted by molar-refractivity contribution is 7.89. The zero-order valence-electron chi connectivity index (χ0n) is 9.67. The first-order valence-electron chi connectivity index (χ1n) is 4.88. The predicted octanol–water partition coefficient (Wildman–Crippen LogP) is 1.15. The molecule has 7 nitrogen and oxygen atoms in total. The highest BCUT2D eigenvalue weighted by atomic mass is 32.2. The number of hydrogen-bond donors (Lipinski definition) is 1. The van der Waals surface area contributed by atoms with Gasteiger partial charge in [-0.3, -0.25) is 10.1 Å². The number of sulfonamides is 1.